The smallest absolute Gasteiger partial charge is 0.142 e. The van der Waals surface area contributed by atoms with Crippen molar-refractivity contribution in [2.75, 3.05) is 0 Å². The number of aryl methyl sites for hydroxylation is 1. The number of fused-ring (bicyclic) bond motifs is 1. The lowest BCUT2D eigenvalue weighted by molar-refractivity contribution is 0.577. The normalized spacial score (nSPS) is 10.6. The molecule has 4 heteroatoms. The number of rotatable bonds is 4. The van der Waals surface area contributed by atoms with Gasteiger partial charge in [0, 0.05) is 11.1 Å². The first kappa shape index (κ1) is 21.4. The molecule has 0 fully saturated rings. The van der Waals surface area contributed by atoms with Crippen LogP contribution in [-0.2, 0) is 6.42 Å². The van der Waals surface area contributed by atoms with E-state index in [0.29, 0.717) is 23.8 Å². The second-order valence-corrected chi connectivity index (χ2v) is 7.41. The summed E-state index contributed by atoms with van der Waals surface area (Å²) in [6.07, 6.45) is 3.10. The Balaban J connectivity index is 1.64. The van der Waals surface area contributed by atoms with E-state index < -0.39 is 23.0 Å². The fourth-order valence-corrected chi connectivity index (χ4v) is 3.49. The summed E-state index contributed by atoms with van der Waals surface area (Å²) in [5.74, 6) is 2.63. The van der Waals surface area contributed by atoms with Crippen LogP contribution >= 0.6 is 0 Å². The van der Waals surface area contributed by atoms with Crippen LogP contribution in [0.15, 0.2) is 79.4 Å². The first-order chi connectivity index (χ1) is 15.4. The molecule has 4 rings (SSSR count). The van der Waals surface area contributed by atoms with E-state index in [1.54, 1.807) is 36.4 Å². The lowest BCUT2D eigenvalue weighted by atomic mass is 9.99. The molecule has 0 atom stereocenters. The molecule has 0 aliphatic heterocycles. The summed E-state index contributed by atoms with van der Waals surface area (Å²) in [6.45, 7) is 3.64. The topological polar surface area (TPSA) is 0 Å². The van der Waals surface area contributed by atoms with E-state index in [-0.39, 0.29) is 16.9 Å². The standard InChI is InChI=1S/C28H18F4/c1-2-3-4-18-6-11-24(26(30)14-18)22-16-27(31)25(28(32)17-22)12-7-19-5-8-21-15-23(29)10-9-20(21)13-19/h2,5-6,8-11,13-17H,1,3-4H2. The second kappa shape index (κ2) is 9.11. The predicted molar refractivity (Wildman–Crippen MR) is 120 cm³/mol. The minimum atomic E-state index is -0.870. The van der Waals surface area contributed by atoms with Crippen LogP contribution in [0.25, 0.3) is 21.9 Å². The van der Waals surface area contributed by atoms with Crippen molar-refractivity contribution in [3.63, 3.8) is 0 Å². The van der Waals surface area contributed by atoms with Crippen molar-refractivity contribution < 1.29 is 17.6 Å². The minimum Gasteiger partial charge on any atom is -0.207 e. The fourth-order valence-electron chi connectivity index (χ4n) is 3.49. The molecule has 0 unspecified atom stereocenters. The molecule has 0 bridgehead atoms. The molecule has 0 radical (unpaired) electrons. The van der Waals surface area contributed by atoms with Crippen molar-refractivity contribution >= 4 is 10.8 Å². The second-order valence-electron chi connectivity index (χ2n) is 7.41. The minimum absolute atomic E-state index is 0.103. The lowest BCUT2D eigenvalue weighted by Crippen LogP contribution is -1.95. The summed E-state index contributed by atoms with van der Waals surface area (Å²) < 4.78 is 57.1. The van der Waals surface area contributed by atoms with E-state index in [1.165, 1.54) is 24.3 Å². The number of hydrogen-bond donors (Lipinski definition) is 0. The third kappa shape index (κ3) is 4.58. The zero-order chi connectivity index (χ0) is 22.7. The maximum absolute atomic E-state index is 14.7. The molecular formula is C28H18F4. The van der Waals surface area contributed by atoms with Crippen LogP contribution in [0.3, 0.4) is 0 Å². The molecule has 4 aromatic rings. The van der Waals surface area contributed by atoms with E-state index in [4.69, 9.17) is 0 Å². The summed E-state index contributed by atoms with van der Waals surface area (Å²) in [4.78, 5) is 0. The molecule has 0 spiro atoms. The fraction of sp³-hybridized carbons (Fsp3) is 0.0714. The molecule has 0 heterocycles. The Morgan fingerprint density at radius 3 is 2.16 bits per heavy atom. The van der Waals surface area contributed by atoms with Crippen LogP contribution in [0.1, 0.15) is 23.1 Å². The molecule has 0 saturated carbocycles. The Morgan fingerprint density at radius 1 is 0.719 bits per heavy atom. The van der Waals surface area contributed by atoms with Gasteiger partial charge in [-0.2, -0.15) is 0 Å². The van der Waals surface area contributed by atoms with Gasteiger partial charge in [0.25, 0.3) is 0 Å². The highest BCUT2D eigenvalue weighted by Crippen LogP contribution is 2.27. The van der Waals surface area contributed by atoms with Gasteiger partial charge >= 0.3 is 0 Å². The van der Waals surface area contributed by atoms with E-state index >= 15 is 0 Å². The molecule has 4 aromatic carbocycles. The van der Waals surface area contributed by atoms with Crippen LogP contribution in [0.5, 0.6) is 0 Å². The molecule has 158 valence electrons. The third-order valence-electron chi connectivity index (χ3n) is 5.16. The maximum atomic E-state index is 14.7. The van der Waals surface area contributed by atoms with Gasteiger partial charge in [0.15, 0.2) is 0 Å². The van der Waals surface area contributed by atoms with Crippen molar-refractivity contribution in [1.29, 1.82) is 0 Å². The average molecular weight is 430 g/mol. The summed E-state index contributed by atoms with van der Waals surface area (Å²) in [5.41, 5.74) is 1.15. The molecule has 0 aliphatic rings. The zero-order valence-electron chi connectivity index (χ0n) is 17.1. The van der Waals surface area contributed by atoms with Gasteiger partial charge in [-0.25, -0.2) is 17.6 Å². The summed E-state index contributed by atoms with van der Waals surface area (Å²) >= 11 is 0. The number of hydrogen-bond acceptors (Lipinski definition) is 0. The first-order valence-corrected chi connectivity index (χ1v) is 10.0. The summed E-state index contributed by atoms with van der Waals surface area (Å²) in [6, 6.07) is 16.2. The van der Waals surface area contributed by atoms with Gasteiger partial charge < -0.3 is 0 Å². The van der Waals surface area contributed by atoms with E-state index in [9.17, 15) is 17.6 Å². The monoisotopic (exact) mass is 430 g/mol. The van der Waals surface area contributed by atoms with E-state index in [0.717, 1.165) is 23.1 Å². The van der Waals surface area contributed by atoms with Gasteiger partial charge in [0.2, 0.25) is 0 Å². The highest BCUT2D eigenvalue weighted by molar-refractivity contribution is 5.84. The van der Waals surface area contributed by atoms with E-state index in [1.807, 2.05) is 0 Å². The van der Waals surface area contributed by atoms with Crippen LogP contribution < -0.4 is 0 Å². The highest BCUT2D eigenvalue weighted by Gasteiger charge is 2.13. The quantitative estimate of drug-likeness (QED) is 0.178. The van der Waals surface area contributed by atoms with E-state index in [2.05, 4.69) is 18.4 Å². The average Bonchev–Trinajstić information content (AvgIpc) is 2.77. The van der Waals surface area contributed by atoms with Crippen LogP contribution in [-0.4, -0.2) is 0 Å². The molecule has 32 heavy (non-hydrogen) atoms. The number of allylic oxidation sites excluding steroid dienone is 1. The van der Waals surface area contributed by atoms with Gasteiger partial charge in [-0.15, -0.1) is 6.58 Å². The first-order valence-electron chi connectivity index (χ1n) is 10.0. The van der Waals surface area contributed by atoms with Crippen LogP contribution in [0.2, 0.25) is 0 Å². The molecule has 0 saturated heterocycles. The SMILES string of the molecule is C=CCCc1ccc(-c2cc(F)c(C#Cc3ccc4cc(F)ccc4c3)c(F)c2)c(F)c1. The Labute approximate surface area is 183 Å². The molecule has 0 aromatic heterocycles. The molecule has 0 amide bonds. The van der Waals surface area contributed by atoms with Gasteiger partial charge in [-0.05, 0) is 77.2 Å². The maximum Gasteiger partial charge on any atom is 0.142 e. The van der Waals surface area contributed by atoms with Crippen LogP contribution in [0.4, 0.5) is 17.6 Å². The van der Waals surface area contributed by atoms with Crippen molar-refractivity contribution in [2.24, 2.45) is 0 Å². The Kier molecular flexibility index (Phi) is 6.09. The molecule has 0 N–H and O–H groups in total. The Morgan fingerprint density at radius 2 is 1.44 bits per heavy atom. The summed E-state index contributed by atoms with van der Waals surface area (Å²) in [5, 5.41) is 1.47. The predicted octanol–water partition coefficient (Wildman–Crippen LogP) is 7.58. The Hall–Kier alpha value is -3.84. The Bertz CT molecular complexity index is 1370. The number of benzene rings is 4. The highest BCUT2D eigenvalue weighted by atomic mass is 19.1. The van der Waals surface area contributed by atoms with Gasteiger partial charge in [0.1, 0.15) is 23.3 Å². The largest absolute Gasteiger partial charge is 0.207 e. The number of halogens is 4. The molecule has 0 nitrogen and oxygen atoms in total. The lowest BCUT2D eigenvalue weighted by Gasteiger charge is -2.08. The van der Waals surface area contributed by atoms with Crippen molar-refractivity contribution in [1.82, 2.24) is 0 Å². The van der Waals surface area contributed by atoms with Crippen molar-refractivity contribution in [2.45, 2.75) is 12.8 Å². The van der Waals surface area contributed by atoms with Crippen LogP contribution in [0, 0.1) is 35.1 Å². The van der Waals surface area contributed by atoms with Gasteiger partial charge in [-0.3, -0.25) is 0 Å². The zero-order valence-corrected chi connectivity index (χ0v) is 17.1. The third-order valence-corrected chi connectivity index (χ3v) is 5.16. The molecular weight excluding hydrogens is 412 g/mol. The van der Waals surface area contributed by atoms with Gasteiger partial charge in [0.05, 0.1) is 5.56 Å². The molecule has 0 aliphatic carbocycles. The van der Waals surface area contributed by atoms with Crippen molar-refractivity contribution in [3.05, 3.63) is 119 Å². The van der Waals surface area contributed by atoms with Crippen molar-refractivity contribution in [3.8, 4) is 23.0 Å². The summed E-state index contributed by atoms with van der Waals surface area (Å²) in [7, 11) is 0. The van der Waals surface area contributed by atoms with Gasteiger partial charge in [-0.1, -0.05) is 42.2 Å².